The third kappa shape index (κ3) is 4.95. The van der Waals surface area contributed by atoms with Gasteiger partial charge in [-0.2, -0.15) is 0 Å². The smallest absolute Gasteiger partial charge is 0.211 e. The summed E-state index contributed by atoms with van der Waals surface area (Å²) in [6.45, 7) is 4.55. The molecule has 1 aliphatic heterocycles. The molecule has 5 heteroatoms. The van der Waals surface area contributed by atoms with Crippen LogP contribution in [0.4, 0.5) is 0 Å². The zero-order valence-corrected chi connectivity index (χ0v) is 10.5. The van der Waals surface area contributed by atoms with Crippen LogP contribution in [0.3, 0.4) is 0 Å². The predicted octanol–water partition coefficient (Wildman–Crippen LogP) is 0.658. The van der Waals surface area contributed by atoms with E-state index in [9.17, 15) is 8.42 Å². The van der Waals surface area contributed by atoms with E-state index in [1.807, 2.05) is 0 Å². The number of nitrogens with zero attached hydrogens (tertiary/aromatic N) is 1. The molecule has 90 valence electrons. The van der Waals surface area contributed by atoms with Crippen LogP contribution in [0.25, 0.3) is 0 Å². The molecule has 1 aliphatic rings. The fourth-order valence-electron chi connectivity index (χ4n) is 1.87. The molecule has 1 rings (SSSR count). The first-order valence-corrected chi connectivity index (χ1v) is 7.34. The lowest BCUT2D eigenvalue weighted by Gasteiger charge is -2.28. The Hall–Kier alpha value is -0.130. The average Bonchev–Trinajstić information content (AvgIpc) is 2.21. The maximum absolute atomic E-state index is 11.2. The van der Waals surface area contributed by atoms with Gasteiger partial charge in [-0.1, -0.05) is 0 Å². The van der Waals surface area contributed by atoms with Crippen LogP contribution in [0.2, 0.25) is 0 Å². The van der Waals surface area contributed by atoms with Crippen LogP contribution in [0, 0.1) is 5.92 Å². The lowest BCUT2D eigenvalue weighted by atomic mass is 9.94. The molecule has 0 spiro atoms. The maximum Gasteiger partial charge on any atom is 0.211 e. The first kappa shape index (κ1) is 12.9. The van der Waals surface area contributed by atoms with Gasteiger partial charge < -0.3 is 4.90 Å². The molecule has 0 aliphatic carbocycles. The van der Waals surface area contributed by atoms with E-state index < -0.39 is 10.0 Å². The molecule has 1 heterocycles. The molecule has 0 amide bonds. The predicted molar refractivity (Wildman–Crippen MR) is 62.3 cm³/mol. The van der Waals surface area contributed by atoms with Gasteiger partial charge in [-0.3, -0.25) is 0 Å². The lowest BCUT2D eigenvalue weighted by molar-refractivity contribution is 0.213. The summed E-state index contributed by atoms with van der Waals surface area (Å²) in [4.78, 5) is 2.33. The van der Waals surface area contributed by atoms with Crippen molar-refractivity contribution in [2.45, 2.75) is 26.2 Å². The first-order valence-electron chi connectivity index (χ1n) is 5.69. The van der Waals surface area contributed by atoms with Gasteiger partial charge in [-0.25, -0.2) is 13.1 Å². The van der Waals surface area contributed by atoms with Crippen LogP contribution >= 0.6 is 0 Å². The van der Waals surface area contributed by atoms with Crippen LogP contribution in [0.1, 0.15) is 26.2 Å². The zero-order valence-electron chi connectivity index (χ0n) is 9.70. The van der Waals surface area contributed by atoms with Crippen molar-refractivity contribution in [3.8, 4) is 0 Å². The second-order valence-corrected chi connectivity index (χ2v) is 6.43. The van der Waals surface area contributed by atoms with E-state index in [1.165, 1.54) is 12.8 Å². The van der Waals surface area contributed by atoms with E-state index in [4.69, 9.17) is 0 Å². The van der Waals surface area contributed by atoms with Crippen molar-refractivity contribution in [3.63, 3.8) is 0 Å². The fourth-order valence-corrected chi connectivity index (χ4v) is 2.50. The van der Waals surface area contributed by atoms with Crippen molar-refractivity contribution in [2.75, 3.05) is 32.4 Å². The molecule has 0 aromatic rings. The van der Waals surface area contributed by atoms with Gasteiger partial charge >= 0.3 is 0 Å². The Balaban J connectivity index is 2.16. The van der Waals surface area contributed by atoms with E-state index in [-0.39, 0.29) is 5.75 Å². The van der Waals surface area contributed by atoms with Crippen molar-refractivity contribution in [2.24, 2.45) is 5.92 Å². The van der Waals surface area contributed by atoms with Gasteiger partial charge in [0.1, 0.15) is 0 Å². The van der Waals surface area contributed by atoms with Crippen molar-refractivity contribution >= 4 is 10.0 Å². The maximum atomic E-state index is 11.2. The van der Waals surface area contributed by atoms with E-state index in [1.54, 1.807) is 6.92 Å². The third-order valence-electron chi connectivity index (χ3n) is 3.09. The van der Waals surface area contributed by atoms with E-state index >= 15 is 0 Å². The molecule has 0 radical (unpaired) electrons. The second-order valence-electron chi connectivity index (χ2n) is 4.33. The van der Waals surface area contributed by atoms with Crippen LogP contribution < -0.4 is 4.72 Å². The molecule has 0 atom stereocenters. The summed E-state index contributed by atoms with van der Waals surface area (Å²) >= 11 is 0. The Morgan fingerprint density at radius 2 is 1.93 bits per heavy atom. The monoisotopic (exact) mass is 234 g/mol. The number of hydrogen-bond donors (Lipinski definition) is 1. The summed E-state index contributed by atoms with van der Waals surface area (Å²) in [5, 5.41) is 0. The van der Waals surface area contributed by atoms with Crippen molar-refractivity contribution in [1.29, 1.82) is 0 Å². The Bertz CT molecular complexity index is 269. The highest BCUT2D eigenvalue weighted by molar-refractivity contribution is 7.89. The van der Waals surface area contributed by atoms with E-state index in [2.05, 4.69) is 16.7 Å². The number of nitrogens with one attached hydrogen (secondary N) is 1. The van der Waals surface area contributed by atoms with Gasteiger partial charge in [-0.05, 0) is 52.2 Å². The van der Waals surface area contributed by atoms with Crippen molar-refractivity contribution in [3.05, 3.63) is 0 Å². The normalized spacial score (nSPS) is 20.7. The second kappa shape index (κ2) is 5.82. The third-order valence-corrected chi connectivity index (χ3v) is 4.50. The van der Waals surface area contributed by atoms with Gasteiger partial charge in [0, 0.05) is 6.54 Å². The summed E-state index contributed by atoms with van der Waals surface area (Å²) in [6, 6.07) is 0. The highest BCUT2D eigenvalue weighted by Crippen LogP contribution is 2.18. The number of rotatable bonds is 5. The van der Waals surface area contributed by atoms with Crippen LogP contribution in [-0.4, -0.2) is 45.8 Å². The van der Waals surface area contributed by atoms with E-state index in [0.717, 1.165) is 19.5 Å². The molecular formula is C10H22N2O2S. The largest absolute Gasteiger partial charge is 0.306 e. The first-order chi connectivity index (χ1) is 7.03. The van der Waals surface area contributed by atoms with Gasteiger partial charge in [-0.15, -0.1) is 0 Å². The summed E-state index contributed by atoms with van der Waals surface area (Å²) in [7, 11) is -0.857. The van der Waals surface area contributed by atoms with Crippen LogP contribution in [-0.2, 0) is 10.0 Å². The molecule has 4 nitrogen and oxygen atoms in total. The van der Waals surface area contributed by atoms with Crippen LogP contribution in [0.15, 0.2) is 0 Å². The number of piperidine rings is 1. The molecule has 15 heavy (non-hydrogen) atoms. The molecule has 1 saturated heterocycles. The standard InChI is InChI=1S/C10H22N2O2S/c1-3-15(13,14)11-7-4-10-5-8-12(2)9-6-10/h10-11H,3-9H2,1-2H3. The summed E-state index contributed by atoms with van der Waals surface area (Å²) in [5.74, 6) is 0.876. The summed E-state index contributed by atoms with van der Waals surface area (Å²) in [5.41, 5.74) is 0. The van der Waals surface area contributed by atoms with Crippen LogP contribution in [0.5, 0.6) is 0 Å². The quantitative estimate of drug-likeness (QED) is 0.760. The van der Waals surface area contributed by atoms with Gasteiger partial charge in [0.05, 0.1) is 5.75 Å². The van der Waals surface area contributed by atoms with Gasteiger partial charge in [0.25, 0.3) is 0 Å². The zero-order chi connectivity index (χ0) is 11.3. The topological polar surface area (TPSA) is 49.4 Å². The molecule has 1 N–H and O–H groups in total. The average molecular weight is 234 g/mol. The molecule has 0 aromatic heterocycles. The molecular weight excluding hydrogens is 212 g/mol. The molecule has 0 bridgehead atoms. The summed E-state index contributed by atoms with van der Waals surface area (Å²) < 4.78 is 25.0. The molecule has 0 unspecified atom stereocenters. The minimum atomic E-state index is -2.99. The highest BCUT2D eigenvalue weighted by Gasteiger charge is 2.16. The summed E-state index contributed by atoms with van der Waals surface area (Å²) in [6.07, 6.45) is 3.38. The van der Waals surface area contributed by atoms with E-state index in [0.29, 0.717) is 12.5 Å². The molecule has 0 aromatic carbocycles. The Morgan fingerprint density at radius 1 is 1.33 bits per heavy atom. The minimum Gasteiger partial charge on any atom is -0.306 e. The Kier molecular flexibility index (Phi) is 5.02. The highest BCUT2D eigenvalue weighted by atomic mass is 32.2. The van der Waals surface area contributed by atoms with Crippen molar-refractivity contribution in [1.82, 2.24) is 9.62 Å². The fraction of sp³-hybridized carbons (Fsp3) is 1.00. The lowest BCUT2D eigenvalue weighted by Crippen LogP contribution is -2.33. The minimum absolute atomic E-state index is 0.181. The molecule has 1 fully saturated rings. The Labute approximate surface area is 93.1 Å². The molecule has 0 saturated carbocycles. The van der Waals surface area contributed by atoms with Crippen molar-refractivity contribution < 1.29 is 8.42 Å². The number of sulfonamides is 1. The number of hydrogen-bond acceptors (Lipinski definition) is 3. The van der Waals surface area contributed by atoms with Gasteiger partial charge in [0.15, 0.2) is 0 Å². The Morgan fingerprint density at radius 3 is 2.47 bits per heavy atom. The number of likely N-dealkylation sites (tertiary alicyclic amines) is 1. The SMILES string of the molecule is CCS(=O)(=O)NCCC1CCN(C)CC1. The van der Waals surface area contributed by atoms with Gasteiger partial charge in [0.2, 0.25) is 10.0 Å².